The SMILES string of the molecule is C[C@@]12CCCN=[S@]1(=O)C[C@@](CF)(c1nc(NC(=O)c3ccc(OCC(F)(F)C(F)F)cn3)ccc1F)N=C2N. The van der Waals surface area contributed by atoms with E-state index >= 15 is 0 Å². The van der Waals surface area contributed by atoms with Gasteiger partial charge in [0.15, 0.2) is 6.61 Å². The molecule has 2 aromatic rings. The zero-order valence-corrected chi connectivity index (χ0v) is 21.3. The van der Waals surface area contributed by atoms with Crippen LogP contribution in [0, 0.1) is 5.82 Å². The molecule has 0 radical (unpaired) electrons. The lowest BCUT2D eigenvalue weighted by Gasteiger charge is -2.44. The molecule has 16 heteroatoms. The zero-order chi connectivity index (χ0) is 28.6. The van der Waals surface area contributed by atoms with Crippen LogP contribution in [0.4, 0.5) is 32.2 Å². The first kappa shape index (κ1) is 28.6. The molecule has 0 aromatic carbocycles. The maximum Gasteiger partial charge on any atom is 0.340 e. The molecule has 4 rings (SSSR count). The number of ether oxygens (including phenoxy) is 1. The Morgan fingerprint density at radius 1 is 1.28 bits per heavy atom. The summed E-state index contributed by atoms with van der Waals surface area (Å²) in [6.07, 6.45) is -2.01. The van der Waals surface area contributed by atoms with Crippen molar-refractivity contribution in [3.05, 3.63) is 47.7 Å². The lowest BCUT2D eigenvalue weighted by molar-refractivity contribution is -0.148. The van der Waals surface area contributed by atoms with Crippen LogP contribution in [0.15, 0.2) is 39.8 Å². The summed E-state index contributed by atoms with van der Waals surface area (Å²) in [5.41, 5.74) is 3.33. The van der Waals surface area contributed by atoms with Crippen molar-refractivity contribution in [2.24, 2.45) is 15.1 Å². The van der Waals surface area contributed by atoms with Crippen LogP contribution in [0.2, 0.25) is 0 Å². The molecular weight excluding hydrogens is 554 g/mol. The highest BCUT2D eigenvalue weighted by Crippen LogP contribution is 2.42. The largest absolute Gasteiger partial charge is 0.485 e. The first-order chi connectivity index (χ1) is 18.3. The molecule has 0 spiro atoms. The van der Waals surface area contributed by atoms with Crippen LogP contribution in [0.5, 0.6) is 5.75 Å². The highest BCUT2D eigenvalue weighted by Gasteiger charge is 2.54. The standard InChI is InChI=1S/C23H24F6N6O3S/c1-21-7-2-8-32-39(21,37)12-22(10-24,35-20(21)30)17-14(25)4-6-16(33-17)34-18(36)15-5-3-13(9-31-15)38-11-23(28,29)19(26)27/h3-6,9,19H,2,7-8,10-12H2,1H3,(H2,30,35)(H,33,34,36)/t21-,22-,39-/m0/s1. The van der Waals surface area contributed by atoms with E-state index in [-0.39, 0.29) is 29.6 Å². The van der Waals surface area contributed by atoms with Gasteiger partial charge in [0, 0.05) is 6.54 Å². The average Bonchev–Trinajstić information content (AvgIpc) is 2.89. The molecule has 39 heavy (non-hydrogen) atoms. The lowest BCUT2D eigenvalue weighted by Crippen LogP contribution is -2.59. The van der Waals surface area contributed by atoms with Gasteiger partial charge in [-0.2, -0.15) is 8.78 Å². The van der Waals surface area contributed by atoms with E-state index in [4.69, 9.17) is 5.73 Å². The summed E-state index contributed by atoms with van der Waals surface area (Å²) in [4.78, 5) is 24.6. The van der Waals surface area contributed by atoms with Crippen molar-refractivity contribution >= 4 is 27.3 Å². The molecule has 0 bridgehead atoms. The van der Waals surface area contributed by atoms with Crippen LogP contribution in [0.3, 0.4) is 0 Å². The molecule has 2 aliphatic rings. The fourth-order valence-electron chi connectivity index (χ4n) is 4.25. The monoisotopic (exact) mass is 578 g/mol. The van der Waals surface area contributed by atoms with E-state index in [9.17, 15) is 35.3 Å². The van der Waals surface area contributed by atoms with Crippen molar-refractivity contribution < 1.29 is 40.1 Å². The third kappa shape index (κ3) is 5.25. The van der Waals surface area contributed by atoms with Gasteiger partial charge in [0.1, 0.15) is 51.6 Å². The van der Waals surface area contributed by atoms with Crippen molar-refractivity contribution in [3.63, 3.8) is 0 Å². The molecule has 3 atom stereocenters. The highest BCUT2D eigenvalue weighted by atomic mass is 32.2. The number of anilines is 1. The van der Waals surface area contributed by atoms with Crippen LogP contribution < -0.4 is 15.8 Å². The van der Waals surface area contributed by atoms with Crippen LogP contribution in [-0.4, -0.2) is 68.6 Å². The summed E-state index contributed by atoms with van der Waals surface area (Å²) >= 11 is 0. The lowest BCUT2D eigenvalue weighted by atomic mass is 9.95. The number of halogens is 6. The second-order valence-corrected chi connectivity index (χ2v) is 12.1. The number of carbonyl (C=O) groups excluding carboxylic acids is 1. The normalized spacial score (nSPS) is 26.8. The fraction of sp³-hybridized carbons (Fsp3) is 0.478. The molecule has 212 valence electrons. The Morgan fingerprint density at radius 2 is 2.03 bits per heavy atom. The van der Waals surface area contributed by atoms with Crippen molar-refractivity contribution in [1.82, 2.24) is 9.97 Å². The maximum absolute atomic E-state index is 15.0. The number of nitrogens with two attached hydrogens (primary N) is 1. The number of fused-ring (bicyclic) bond motifs is 1. The van der Waals surface area contributed by atoms with E-state index in [2.05, 4.69) is 29.4 Å². The van der Waals surface area contributed by atoms with Crippen molar-refractivity contribution in [3.8, 4) is 5.75 Å². The van der Waals surface area contributed by atoms with Gasteiger partial charge < -0.3 is 15.8 Å². The van der Waals surface area contributed by atoms with E-state index in [1.807, 2.05) is 0 Å². The van der Waals surface area contributed by atoms with E-state index < -0.39 is 68.8 Å². The minimum atomic E-state index is -4.37. The number of pyridine rings is 2. The minimum Gasteiger partial charge on any atom is -0.485 e. The fourth-order valence-corrected chi connectivity index (χ4v) is 7.13. The Balaban J connectivity index is 1.57. The summed E-state index contributed by atoms with van der Waals surface area (Å²) < 4.78 is 102. The summed E-state index contributed by atoms with van der Waals surface area (Å²) in [6.45, 7) is -0.970. The molecule has 4 heterocycles. The van der Waals surface area contributed by atoms with E-state index in [1.165, 1.54) is 0 Å². The average molecular weight is 579 g/mol. The Labute approximate surface area is 219 Å². The number of carbonyl (C=O) groups is 1. The van der Waals surface area contributed by atoms with Gasteiger partial charge in [-0.25, -0.2) is 36.1 Å². The van der Waals surface area contributed by atoms with Gasteiger partial charge >= 0.3 is 12.3 Å². The third-order valence-electron chi connectivity index (χ3n) is 6.60. The first-order valence-electron chi connectivity index (χ1n) is 11.6. The van der Waals surface area contributed by atoms with Crippen LogP contribution in [0.25, 0.3) is 0 Å². The number of amides is 1. The Kier molecular flexibility index (Phi) is 7.53. The molecule has 1 amide bonds. The Morgan fingerprint density at radius 3 is 2.67 bits per heavy atom. The van der Waals surface area contributed by atoms with Crippen molar-refractivity contribution in [2.75, 3.05) is 30.9 Å². The van der Waals surface area contributed by atoms with Crippen LogP contribution in [-0.2, 0) is 15.3 Å². The molecule has 3 N–H and O–H groups in total. The second kappa shape index (κ2) is 10.3. The molecule has 2 aromatic heterocycles. The number of alkyl halides is 5. The predicted molar refractivity (Wildman–Crippen MR) is 130 cm³/mol. The van der Waals surface area contributed by atoms with Gasteiger partial charge in [-0.05, 0) is 44.0 Å². The summed E-state index contributed by atoms with van der Waals surface area (Å²) in [7, 11) is -3.14. The van der Waals surface area contributed by atoms with E-state index in [0.717, 1.165) is 30.5 Å². The molecule has 9 nitrogen and oxygen atoms in total. The molecule has 0 saturated heterocycles. The molecule has 0 aliphatic carbocycles. The van der Waals surface area contributed by atoms with Crippen LogP contribution in [0.1, 0.15) is 35.9 Å². The second-order valence-electron chi connectivity index (χ2n) is 9.34. The number of aliphatic imine (C=N–C) groups is 1. The zero-order valence-electron chi connectivity index (χ0n) is 20.5. The van der Waals surface area contributed by atoms with Gasteiger partial charge in [-0.15, -0.1) is 0 Å². The highest BCUT2D eigenvalue weighted by molar-refractivity contribution is 7.95. The Hall–Kier alpha value is -3.43. The number of aromatic nitrogens is 2. The number of nitrogens with zero attached hydrogens (tertiary/aromatic N) is 4. The predicted octanol–water partition coefficient (Wildman–Crippen LogP) is 3.70. The molecule has 2 aliphatic heterocycles. The van der Waals surface area contributed by atoms with Gasteiger partial charge in [0.2, 0.25) is 0 Å². The van der Waals surface area contributed by atoms with E-state index in [0.29, 0.717) is 12.8 Å². The van der Waals surface area contributed by atoms with Crippen molar-refractivity contribution in [2.45, 2.75) is 42.4 Å². The third-order valence-corrected chi connectivity index (χ3v) is 9.89. The van der Waals surface area contributed by atoms with Gasteiger partial charge in [0.05, 0.1) is 21.7 Å². The van der Waals surface area contributed by atoms with Gasteiger partial charge in [-0.3, -0.25) is 9.79 Å². The van der Waals surface area contributed by atoms with Gasteiger partial charge in [-0.1, -0.05) is 0 Å². The smallest absolute Gasteiger partial charge is 0.340 e. The summed E-state index contributed by atoms with van der Waals surface area (Å²) in [5, 5.41) is 2.35. The Bertz CT molecular complexity index is 1420. The molecule has 0 unspecified atom stereocenters. The first-order valence-corrected chi connectivity index (χ1v) is 13.3. The molecule has 0 saturated carbocycles. The maximum atomic E-state index is 15.0. The summed E-state index contributed by atoms with van der Waals surface area (Å²) in [5.74, 6) is -7.29. The summed E-state index contributed by atoms with van der Waals surface area (Å²) in [6, 6.07) is 4.15. The van der Waals surface area contributed by atoms with Crippen LogP contribution >= 0.6 is 0 Å². The minimum absolute atomic E-state index is 0.117. The molecule has 0 fully saturated rings. The molecular formula is C23H24F6N6O3S. The van der Waals surface area contributed by atoms with E-state index in [1.54, 1.807) is 6.92 Å². The number of hydrogen-bond acceptors (Lipinski definition) is 8. The topological polar surface area (TPSA) is 132 Å². The number of rotatable bonds is 8. The number of hydrogen-bond donors (Lipinski definition) is 2. The number of amidine groups is 1. The van der Waals surface area contributed by atoms with Crippen molar-refractivity contribution in [1.29, 1.82) is 0 Å². The quantitative estimate of drug-likeness (QED) is 0.459. The number of nitrogens with one attached hydrogen (secondary N) is 1. The van der Waals surface area contributed by atoms with Gasteiger partial charge in [0.25, 0.3) is 5.91 Å².